The van der Waals surface area contributed by atoms with Gasteiger partial charge in [-0.2, -0.15) is 0 Å². The average Bonchev–Trinajstić information content (AvgIpc) is 2.65. The van der Waals surface area contributed by atoms with E-state index < -0.39 is 0 Å². The van der Waals surface area contributed by atoms with Gasteiger partial charge in [0.2, 0.25) is 5.91 Å². The van der Waals surface area contributed by atoms with Crippen molar-refractivity contribution in [1.82, 2.24) is 5.32 Å². The summed E-state index contributed by atoms with van der Waals surface area (Å²) in [6.45, 7) is 0.724. The lowest BCUT2D eigenvalue weighted by molar-refractivity contribution is -0.125. The zero-order valence-corrected chi connectivity index (χ0v) is 13.9. The second-order valence-electron chi connectivity index (χ2n) is 6.17. The molecule has 0 spiro atoms. The monoisotopic (exact) mass is 321 g/mol. The second-order valence-corrected chi connectivity index (χ2v) is 6.17. The predicted molar refractivity (Wildman–Crippen MR) is 96.8 cm³/mol. The zero-order chi connectivity index (χ0) is 16.6. The van der Waals surface area contributed by atoms with Gasteiger partial charge in [0, 0.05) is 11.3 Å². The minimum absolute atomic E-state index is 0.152. The Morgan fingerprint density at radius 1 is 1.04 bits per heavy atom. The zero-order valence-electron chi connectivity index (χ0n) is 13.9. The van der Waals surface area contributed by atoms with E-state index in [2.05, 4.69) is 29.3 Å². The van der Waals surface area contributed by atoms with Crippen molar-refractivity contribution in [3.8, 4) is 17.6 Å². The molecule has 3 rings (SSSR count). The normalized spacial score (nSPS) is 14.7. The van der Waals surface area contributed by atoms with Crippen LogP contribution >= 0.6 is 0 Å². The molecule has 0 saturated heterocycles. The van der Waals surface area contributed by atoms with E-state index in [1.165, 1.54) is 19.3 Å². The lowest BCUT2D eigenvalue weighted by atomic mass is 9.89. The van der Waals surface area contributed by atoms with Gasteiger partial charge in [0.25, 0.3) is 0 Å². The van der Waals surface area contributed by atoms with E-state index in [-0.39, 0.29) is 11.8 Å². The van der Waals surface area contributed by atoms with E-state index in [0.717, 1.165) is 29.4 Å². The summed E-state index contributed by atoms with van der Waals surface area (Å²) < 4.78 is 5.76. The number of nitrogens with one attached hydrogen (secondary N) is 1. The van der Waals surface area contributed by atoms with Crippen LogP contribution in [0.4, 0.5) is 0 Å². The number of carbonyl (C=O) groups is 1. The molecule has 3 nitrogen and oxygen atoms in total. The SMILES string of the molecule is O=C(NCC#CCOc1cccc2ccccc12)C1CCCCC1. The molecule has 0 aromatic heterocycles. The number of hydrogen-bond acceptors (Lipinski definition) is 2. The van der Waals surface area contributed by atoms with Gasteiger partial charge in [-0.05, 0) is 24.3 Å². The first kappa shape index (κ1) is 16.4. The van der Waals surface area contributed by atoms with Crippen molar-refractivity contribution in [2.45, 2.75) is 32.1 Å². The Kier molecular flexibility index (Phi) is 5.74. The largest absolute Gasteiger partial charge is 0.480 e. The fraction of sp³-hybridized carbons (Fsp3) is 0.381. The second kappa shape index (κ2) is 8.40. The van der Waals surface area contributed by atoms with Crippen molar-refractivity contribution < 1.29 is 9.53 Å². The van der Waals surface area contributed by atoms with Crippen LogP contribution < -0.4 is 10.1 Å². The topological polar surface area (TPSA) is 38.3 Å². The van der Waals surface area contributed by atoms with Crippen LogP contribution in [0.3, 0.4) is 0 Å². The van der Waals surface area contributed by atoms with Crippen LogP contribution in [0.15, 0.2) is 42.5 Å². The van der Waals surface area contributed by atoms with Crippen molar-refractivity contribution in [2.24, 2.45) is 5.92 Å². The fourth-order valence-electron chi connectivity index (χ4n) is 3.19. The number of ether oxygens (including phenoxy) is 1. The molecule has 2 aromatic rings. The fourth-order valence-corrected chi connectivity index (χ4v) is 3.19. The first-order valence-electron chi connectivity index (χ1n) is 8.68. The standard InChI is InChI=1S/C21H23NO2/c23-21(18-10-2-1-3-11-18)22-15-6-7-16-24-20-14-8-12-17-9-4-5-13-19(17)20/h4-5,8-9,12-14,18H,1-3,10-11,15-16H2,(H,22,23). The van der Waals surface area contributed by atoms with Crippen LogP contribution in [0.2, 0.25) is 0 Å². The van der Waals surface area contributed by atoms with Crippen LogP contribution in [-0.2, 0) is 4.79 Å². The van der Waals surface area contributed by atoms with Crippen molar-refractivity contribution in [3.05, 3.63) is 42.5 Å². The Morgan fingerprint density at radius 2 is 1.83 bits per heavy atom. The van der Waals surface area contributed by atoms with E-state index in [0.29, 0.717) is 13.2 Å². The maximum Gasteiger partial charge on any atom is 0.223 e. The van der Waals surface area contributed by atoms with Gasteiger partial charge in [-0.15, -0.1) is 0 Å². The number of amides is 1. The van der Waals surface area contributed by atoms with Gasteiger partial charge >= 0.3 is 0 Å². The van der Waals surface area contributed by atoms with E-state index in [1.54, 1.807) is 0 Å². The van der Waals surface area contributed by atoms with Gasteiger partial charge < -0.3 is 10.1 Å². The van der Waals surface area contributed by atoms with Crippen molar-refractivity contribution in [1.29, 1.82) is 0 Å². The molecule has 1 N–H and O–H groups in total. The molecule has 0 bridgehead atoms. The minimum atomic E-state index is 0.152. The van der Waals surface area contributed by atoms with Crippen LogP contribution in [0.1, 0.15) is 32.1 Å². The molecule has 1 fully saturated rings. The summed E-state index contributed by atoms with van der Waals surface area (Å²) in [5.41, 5.74) is 0. The summed E-state index contributed by atoms with van der Waals surface area (Å²) in [7, 11) is 0. The van der Waals surface area contributed by atoms with E-state index in [4.69, 9.17) is 4.74 Å². The lowest BCUT2D eigenvalue weighted by Crippen LogP contribution is -2.32. The summed E-state index contributed by atoms with van der Waals surface area (Å²) in [6, 6.07) is 14.1. The molecule has 0 radical (unpaired) electrons. The molecule has 0 aliphatic heterocycles. The van der Waals surface area contributed by atoms with Crippen molar-refractivity contribution in [3.63, 3.8) is 0 Å². The van der Waals surface area contributed by atoms with Crippen LogP contribution in [-0.4, -0.2) is 19.1 Å². The number of hydrogen-bond donors (Lipinski definition) is 1. The molecule has 1 aliphatic carbocycles. The predicted octanol–water partition coefficient (Wildman–Crippen LogP) is 3.92. The molecular weight excluding hydrogens is 298 g/mol. The number of rotatable bonds is 4. The van der Waals surface area contributed by atoms with E-state index >= 15 is 0 Å². The average molecular weight is 321 g/mol. The Hall–Kier alpha value is -2.47. The molecule has 24 heavy (non-hydrogen) atoms. The van der Waals surface area contributed by atoms with Crippen LogP contribution in [0.5, 0.6) is 5.75 Å². The molecule has 3 heteroatoms. The van der Waals surface area contributed by atoms with Gasteiger partial charge in [0.15, 0.2) is 0 Å². The summed E-state index contributed by atoms with van der Waals surface area (Å²) in [5.74, 6) is 7.12. The van der Waals surface area contributed by atoms with Crippen LogP contribution in [0, 0.1) is 17.8 Å². The number of fused-ring (bicyclic) bond motifs is 1. The quantitative estimate of drug-likeness (QED) is 0.867. The summed E-state index contributed by atoms with van der Waals surface area (Å²) in [5, 5.41) is 5.16. The van der Waals surface area contributed by atoms with Gasteiger partial charge in [-0.25, -0.2) is 0 Å². The summed E-state index contributed by atoms with van der Waals surface area (Å²) in [6.07, 6.45) is 5.63. The van der Waals surface area contributed by atoms with Gasteiger partial charge in [-0.3, -0.25) is 4.79 Å². The highest BCUT2D eigenvalue weighted by molar-refractivity contribution is 5.88. The van der Waals surface area contributed by atoms with Crippen molar-refractivity contribution >= 4 is 16.7 Å². The smallest absolute Gasteiger partial charge is 0.223 e. The molecule has 1 aliphatic rings. The Bertz CT molecular complexity index is 746. The number of carbonyl (C=O) groups excluding carboxylic acids is 1. The van der Waals surface area contributed by atoms with Crippen LogP contribution in [0.25, 0.3) is 10.8 Å². The molecule has 124 valence electrons. The molecule has 1 amide bonds. The van der Waals surface area contributed by atoms with E-state index in [9.17, 15) is 4.79 Å². The molecule has 2 aromatic carbocycles. The minimum Gasteiger partial charge on any atom is -0.480 e. The van der Waals surface area contributed by atoms with E-state index in [1.807, 2.05) is 30.3 Å². The third-order valence-corrected chi connectivity index (χ3v) is 4.50. The Labute approximate surface area is 143 Å². The first-order chi connectivity index (χ1) is 11.8. The molecular formula is C21H23NO2. The molecule has 0 heterocycles. The molecule has 0 unspecified atom stereocenters. The van der Waals surface area contributed by atoms with Gasteiger partial charge in [0.1, 0.15) is 12.4 Å². The lowest BCUT2D eigenvalue weighted by Gasteiger charge is -2.19. The third-order valence-electron chi connectivity index (χ3n) is 4.50. The van der Waals surface area contributed by atoms with Crippen molar-refractivity contribution in [2.75, 3.05) is 13.2 Å². The third kappa shape index (κ3) is 4.29. The molecule has 0 atom stereocenters. The molecule has 1 saturated carbocycles. The maximum atomic E-state index is 12.0. The van der Waals surface area contributed by atoms with Gasteiger partial charge in [-0.1, -0.05) is 67.5 Å². The Balaban J connectivity index is 1.45. The first-order valence-corrected chi connectivity index (χ1v) is 8.68. The number of benzene rings is 2. The summed E-state index contributed by atoms with van der Waals surface area (Å²) >= 11 is 0. The highest BCUT2D eigenvalue weighted by Crippen LogP contribution is 2.25. The highest BCUT2D eigenvalue weighted by atomic mass is 16.5. The van der Waals surface area contributed by atoms with Gasteiger partial charge in [0.05, 0.1) is 6.54 Å². The highest BCUT2D eigenvalue weighted by Gasteiger charge is 2.19. The Morgan fingerprint density at radius 3 is 2.71 bits per heavy atom. The maximum absolute atomic E-state index is 12.0. The summed E-state index contributed by atoms with van der Waals surface area (Å²) in [4.78, 5) is 12.0.